The zero-order chi connectivity index (χ0) is 25.5. The number of amides is 1. The number of carbonyl (C=O) groups excluding carboxylic acids is 1. The molecule has 1 saturated carbocycles. The molecule has 1 aliphatic heterocycles. The average molecular weight is 511 g/mol. The van der Waals surface area contributed by atoms with Crippen LogP contribution in [0.4, 0.5) is 11.8 Å². The number of hydrogen-bond donors (Lipinski definition) is 3. The Kier molecular flexibility index (Phi) is 5.75. The molecule has 1 amide bonds. The molecule has 3 aromatic heterocycles. The molecule has 38 heavy (non-hydrogen) atoms. The molecule has 4 aromatic rings. The number of aromatic amines is 1. The van der Waals surface area contributed by atoms with E-state index in [1.807, 2.05) is 23.5 Å². The Balaban J connectivity index is 1.06. The number of carbonyl (C=O) groups is 1. The molecule has 0 saturated heterocycles. The Morgan fingerprint density at radius 1 is 1.05 bits per heavy atom. The summed E-state index contributed by atoms with van der Waals surface area (Å²) in [6.07, 6.45) is 11.8. The molecule has 3 N–H and O–H groups in total. The van der Waals surface area contributed by atoms with E-state index in [9.17, 15) is 4.79 Å². The van der Waals surface area contributed by atoms with Gasteiger partial charge in [-0.05, 0) is 43.2 Å². The molecule has 3 aliphatic rings. The Bertz CT molecular complexity index is 1430. The Labute approximate surface area is 220 Å². The van der Waals surface area contributed by atoms with Gasteiger partial charge in [-0.1, -0.05) is 29.5 Å². The highest BCUT2D eigenvalue weighted by molar-refractivity contribution is 5.78. The predicted octanol–water partition coefficient (Wildman–Crippen LogP) is 2.59. The van der Waals surface area contributed by atoms with Gasteiger partial charge in [-0.2, -0.15) is 5.10 Å². The average Bonchev–Trinajstić information content (AvgIpc) is 3.64. The van der Waals surface area contributed by atoms with Gasteiger partial charge in [0.2, 0.25) is 11.9 Å². The van der Waals surface area contributed by atoms with E-state index >= 15 is 0 Å². The standard InChI is InChI=1S/C27H30N10O/c38-25(36-9-8-23-24(15-36)33-35-32-23)16-37-14-22(26(34-37)30-20-6-3-7-20)19-12-28-27(29-13-19)31-21-10-17-4-1-2-5-18(17)11-21/h1-2,4-5,12-14,20-21H,3,6-11,15-16H2,(H,30,34)(H,28,29,31)(H,32,33,35). The molecule has 0 bridgehead atoms. The summed E-state index contributed by atoms with van der Waals surface area (Å²) < 4.78 is 1.72. The van der Waals surface area contributed by atoms with Gasteiger partial charge in [0.25, 0.3) is 0 Å². The van der Waals surface area contributed by atoms with Crippen LogP contribution in [0.25, 0.3) is 11.1 Å². The molecular weight excluding hydrogens is 480 g/mol. The summed E-state index contributed by atoms with van der Waals surface area (Å²) >= 11 is 0. The highest BCUT2D eigenvalue weighted by atomic mass is 16.2. The minimum absolute atomic E-state index is 0.0104. The van der Waals surface area contributed by atoms with E-state index in [0.717, 1.165) is 60.4 Å². The lowest BCUT2D eigenvalue weighted by Gasteiger charge is -2.27. The fourth-order valence-corrected chi connectivity index (χ4v) is 5.51. The van der Waals surface area contributed by atoms with Crippen LogP contribution in [-0.4, -0.2) is 64.6 Å². The largest absolute Gasteiger partial charge is 0.365 e. The van der Waals surface area contributed by atoms with E-state index in [1.165, 1.54) is 17.5 Å². The summed E-state index contributed by atoms with van der Waals surface area (Å²) in [4.78, 5) is 24.1. The van der Waals surface area contributed by atoms with E-state index < -0.39 is 0 Å². The molecule has 1 aromatic carbocycles. The second kappa shape index (κ2) is 9.55. The number of nitrogens with zero attached hydrogens (tertiary/aromatic N) is 7. The van der Waals surface area contributed by atoms with E-state index in [1.54, 1.807) is 4.68 Å². The van der Waals surface area contributed by atoms with Crippen molar-refractivity contribution in [1.82, 2.24) is 40.1 Å². The second-order valence-electron chi connectivity index (χ2n) is 10.5. The SMILES string of the molecule is O=C(Cn1cc(-c2cnc(NC3Cc4ccccc4C3)nc2)c(NC2CCC2)n1)N1CCc2[nH]nnc2C1. The zero-order valence-corrected chi connectivity index (χ0v) is 21.1. The number of hydrogen-bond acceptors (Lipinski definition) is 8. The summed E-state index contributed by atoms with van der Waals surface area (Å²) in [7, 11) is 0. The van der Waals surface area contributed by atoms with Crippen molar-refractivity contribution >= 4 is 17.7 Å². The van der Waals surface area contributed by atoms with Crippen LogP contribution in [0, 0.1) is 0 Å². The molecule has 0 atom stereocenters. The summed E-state index contributed by atoms with van der Waals surface area (Å²) in [5, 5.41) is 22.7. The Morgan fingerprint density at radius 2 is 1.84 bits per heavy atom. The fraction of sp³-hybridized carbons (Fsp3) is 0.407. The molecule has 11 heteroatoms. The summed E-state index contributed by atoms with van der Waals surface area (Å²) in [6.45, 7) is 1.28. The Morgan fingerprint density at radius 3 is 2.58 bits per heavy atom. The van der Waals surface area contributed by atoms with Crippen molar-refractivity contribution < 1.29 is 4.79 Å². The van der Waals surface area contributed by atoms with Crippen molar-refractivity contribution in [3.63, 3.8) is 0 Å². The first-order valence-electron chi connectivity index (χ1n) is 13.3. The zero-order valence-electron chi connectivity index (χ0n) is 21.1. The Hall–Kier alpha value is -4.28. The predicted molar refractivity (Wildman–Crippen MR) is 141 cm³/mol. The summed E-state index contributed by atoms with van der Waals surface area (Å²) in [5.41, 5.74) is 6.41. The van der Waals surface area contributed by atoms with Crippen molar-refractivity contribution in [1.29, 1.82) is 0 Å². The number of H-pyrrole nitrogens is 1. The third-order valence-corrected chi connectivity index (χ3v) is 7.88. The number of benzene rings is 1. The number of fused-ring (bicyclic) bond motifs is 2. The lowest BCUT2D eigenvalue weighted by molar-refractivity contribution is -0.133. The fourth-order valence-electron chi connectivity index (χ4n) is 5.51. The third kappa shape index (κ3) is 4.48. The summed E-state index contributed by atoms with van der Waals surface area (Å²) in [5.74, 6) is 1.41. The van der Waals surface area contributed by atoms with E-state index in [2.05, 4.69) is 60.3 Å². The summed E-state index contributed by atoms with van der Waals surface area (Å²) in [6, 6.07) is 9.27. The van der Waals surface area contributed by atoms with Crippen LogP contribution in [0.2, 0.25) is 0 Å². The van der Waals surface area contributed by atoms with Crippen LogP contribution in [-0.2, 0) is 37.1 Å². The molecule has 1 fully saturated rings. The second-order valence-corrected chi connectivity index (χ2v) is 10.5. The van der Waals surface area contributed by atoms with Crippen molar-refractivity contribution in [2.24, 2.45) is 0 Å². The molecule has 0 spiro atoms. The monoisotopic (exact) mass is 510 g/mol. The molecule has 7 rings (SSSR count). The molecule has 0 radical (unpaired) electrons. The smallest absolute Gasteiger partial charge is 0.244 e. The van der Waals surface area contributed by atoms with Crippen molar-refractivity contribution in [2.45, 2.75) is 63.7 Å². The first kappa shape index (κ1) is 22.9. The lowest BCUT2D eigenvalue weighted by Crippen LogP contribution is -2.38. The van der Waals surface area contributed by atoms with E-state index in [4.69, 9.17) is 5.10 Å². The van der Waals surface area contributed by atoms with Gasteiger partial charge in [0, 0.05) is 54.8 Å². The van der Waals surface area contributed by atoms with Gasteiger partial charge < -0.3 is 15.5 Å². The van der Waals surface area contributed by atoms with Crippen molar-refractivity contribution in [3.8, 4) is 11.1 Å². The highest BCUT2D eigenvalue weighted by Gasteiger charge is 2.26. The van der Waals surface area contributed by atoms with Crippen LogP contribution in [0.1, 0.15) is 41.8 Å². The van der Waals surface area contributed by atoms with Crippen molar-refractivity contribution in [2.75, 3.05) is 17.2 Å². The van der Waals surface area contributed by atoms with E-state index in [-0.39, 0.29) is 12.5 Å². The molecule has 11 nitrogen and oxygen atoms in total. The van der Waals surface area contributed by atoms with Crippen LogP contribution in [0.3, 0.4) is 0 Å². The minimum atomic E-state index is 0.0104. The van der Waals surface area contributed by atoms with Gasteiger partial charge >= 0.3 is 0 Å². The molecular formula is C27H30N10O. The maximum Gasteiger partial charge on any atom is 0.244 e. The first-order chi connectivity index (χ1) is 18.7. The molecule has 194 valence electrons. The maximum absolute atomic E-state index is 13.1. The molecule has 0 unspecified atom stereocenters. The number of rotatable bonds is 7. The number of aromatic nitrogens is 7. The number of nitrogens with one attached hydrogen (secondary N) is 3. The highest BCUT2D eigenvalue weighted by Crippen LogP contribution is 2.31. The number of anilines is 2. The quantitative estimate of drug-likeness (QED) is 0.346. The van der Waals surface area contributed by atoms with Gasteiger partial charge in [-0.15, -0.1) is 5.10 Å². The van der Waals surface area contributed by atoms with Gasteiger partial charge in [0.1, 0.15) is 12.2 Å². The normalized spacial score (nSPS) is 17.1. The topological polar surface area (TPSA) is 130 Å². The van der Waals surface area contributed by atoms with E-state index in [0.29, 0.717) is 31.1 Å². The van der Waals surface area contributed by atoms with Crippen LogP contribution in [0.15, 0.2) is 42.9 Å². The lowest BCUT2D eigenvalue weighted by atomic mass is 9.93. The first-order valence-corrected chi connectivity index (χ1v) is 13.3. The van der Waals surface area contributed by atoms with Gasteiger partial charge in [-0.3, -0.25) is 14.6 Å². The maximum atomic E-state index is 13.1. The van der Waals surface area contributed by atoms with Crippen LogP contribution >= 0.6 is 0 Å². The van der Waals surface area contributed by atoms with Gasteiger partial charge in [-0.25, -0.2) is 9.97 Å². The van der Waals surface area contributed by atoms with Gasteiger partial charge in [0.05, 0.1) is 12.2 Å². The van der Waals surface area contributed by atoms with Crippen LogP contribution < -0.4 is 10.6 Å². The molecule has 4 heterocycles. The molecule has 2 aliphatic carbocycles. The minimum Gasteiger partial charge on any atom is -0.365 e. The van der Waals surface area contributed by atoms with Crippen molar-refractivity contribution in [3.05, 3.63) is 65.4 Å². The third-order valence-electron chi connectivity index (χ3n) is 7.88. The van der Waals surface area contributed by atoms with Gasteiger partial charge in [0.15, 0.2) is 5.82 Å². The van der Waals surface area contributed by atoms with Crippen LogP contribution in [0.5, 0.6) is 0 Å².